The molecule has 3 aromatic carbocycles. The van der Waals surface area contributed by atoms with Crippen molar-refractivity contribution < 1.29 is 0 Å². The van der Waals surface area contributed by atoms with E-state index >= 15 is 0 Å². The molecule has 22 heavy (non-hydrogen) atoms. The van der Waals surface area contributed by atoms with Gasteiger partial charge in [0.1, 0.15) is 0 Å². The van der Waals surface area contributed by atoms with Crippen LogP contribution in [0, 0.1) is 0 Å². The average Bonchev–Trinajstić information content (AvgIpc) is 2.55. The molecule has 0 bridgehead atoms. The van der Waals surface area contributed by atoms with Crippen molar-refractivity contribution in [3.8, 4) is 0 Å². The molecule has 2 heteroatoms. The first-order valence-electron chi connectivity index (χ1n) is 7.72. The zero-order valence-corrected chi connectivity index (χ0v) is 13.2. The van der Waals surface area contributed by atoms with Gasteiger partial charge in [-0.15, -0.1) is 0 Å². The van der Waals surface area contributed by atoms with E-state index in [1.807, 2.05) is 0 Å². The Morgan fingerprint density at radius 3 is 2.27 bits per heavy atom. The standard InChI is InChI=1S/C20H22N2/c1-22(2)19-13-7-11-17-10-6-12-18(20(17)19)21-15-14-16-8-4-3-5-9-16/h3-13,21H,14-15H2,1-2H3. The van der Waals surface area contributed by atoms with Crippen molar-refractivity contribution in [1.82, 2.24) is 0 Å². The molecule has 0 fully saturated rings. The van der Waals surface area contributed by atoms with Gasteiger partial charge in [-0.05, 0) is 29.5 Å². The number of anilines is 2. The Labute approximate surface area is 132 Å². The molecule has 0 unspecified atom stereocenters. The highest BCUT2D eigenvalue weighted by atomic mass is 15.1. The van der Waals surface area contributed by atoms with Crippen LogP contribution in [0.3, 0.4) is 0 Å². The zero-order chi connectivity index (χ0) is 15.4. The zero-order valence-electron chi connectivity index (χ0n) is 13.2. The third kappa shape index (κ3) is 3.06. The lowest BCUT2D eigenvalue weighted by molar-refractivity contribution is 1.02. The Balaban J connectivity index is 1.84. The lowest BCUT2D eigenvalue weighted by Gasteiger charge is -2.18. The molecule has 3 aromatic rings. The molecular formula is C20H22N2. The van der Waals surface area contributed by atoms with Crippen LogP contribution in [-0.4, -0.2) is 20.6 Å². The van der Waals surface area contributed by atoms with Crippen molar-refractivity contribution in [3.05, 3.63) is 72.3 Å². The minimum absolute atomic E-state index is 0.935. The molecule has 0 saturated carbocycles. The average molecular weight is 290 g/mol. The maximum atomic E-state index is 3.60. The van der Waals surface area contributed by atoms with Gasteiger partial charge in [0.05, 0.1) is 0 Å². The van der Waals surface area contributed by atoms with Gasteiger partial charge in [-0.1, -0.05) is 54.6 Å². The van der Waals surface area contributed by atoms with E-state index in [1.165, 1.54) is 27.7 Å². The first kappa shape index (κ1) is 14.5. The summed E-state index contributed by atoms with van der Waals surface area (Å²) in [6.07, 6.45) is 1.03. The Morgan fingerprint density at radius 1 is 0.818 bits per heavy atom. The van der Waals surface area contributed by atoms with Crippen molar-refractivity contribution in [1.29, 1.82) is 0 Å². The van der Waals surface area contributed by atoms with E-state index in [-0.39, 0.29) is 0 Å². The molecule has 1 N–H and O–H groups in total. The largest absolute Gasteiger partial charge is 0.384 e. The fourth-order valence-electron chi connectivity index (χ4n) is 2.83. The number of benzene rings is 3. The molecule has 0 heterocycles. The lowest BCUT2D eigenvalue weighted by atomic mass is 10.1. The second-order valence-corrected chi connectivity index (χ2v) is 5.74. The molecule has 0 spiro atoms. The Bertz CT molecular complexity index is 743. The van der Waals surface area contributed by atoms with E-state index in [4.69, 9.17) is 0 Å². The third-order valence-corrected chi connectivity index (χ3v) is 3.94. The topological polar surface area (TPSA) is 15.3 Å². The minimum atomic E-state index is 0.935. The molecule has 0 saturated heterocycles. The maximum Gasteiger partial charge on any atom is 0.0461 e. The molecule has 0 radical (unpaired) electrons. The number of rotatable bonds is 5. The van der Waals surface area contributed by atoms with Crippen LogP contribution in [-0.2, 0) is 6.42 Å². The Kier molecular flexibility index (Phi) is 4.29. The van der Waals surface area contributed by atoms with Gasteiger partial charge in [0.25, 0.3) is 0 Å². The second kappa shape index (κ2) is 6.52. The fraction of sp³-hybridized carbons (Fsp3) is 0.200. The third-order valence-electron chi connectivity index (χ3n) is 3.94. The van der Waals surface area contributed by atoms with Crippen LogP contribution in [0.15, 0.2) is 66.7 Å². The molecule has 0 atom stereocenters. The van der Waals surface area contributed by atoms with Crippen LogP contribution in [0.2, 0.25) is 0 Å². The molecular weight excluding hydrogens is 268 g/mol. The Hall–Kier alpha value is -2.48. The van der Waals surface area contributed by atoms with Crippen LogP contribution in [0.4, 0.5) is 11.4 Å². The summed E-state index contributed by atoms with van der Waals surface area (Å²) >= 11 is 0. The highest BCUT2D eigenvalue weighted by Crippen LogP contribution is 2.32. The first-order chi connectivity index (χ1) is 10.8. The van der Waals surface area contributed by atoms with Crippen molar-refractivity contribution in [3.63, 3.8) is 0 Å². The van der Waals surface area contributed by atoms with Gasteiger partial charge in [-0.2, -0.15) is 0 Å². The highest BCUT2D eigenvalue weighted by Gasteiger charge is 2.07. The molecule has 2 nitrogen and oxygen atoms in total. The van der Waals surface area contributed by atoms with Crippen molar-refractivity contribution in [2.24, 2.45) is 0 Å². The number of hydrogen-bond donors (Lipinski definition) is 1. The van der Waals surface area contributed by atoms with E-state index in [1.54, 1.807) is 0 Å². The molecule has 0 aliphatic heterocycles. The predicted octanol–water partition coefficient (Wildman–Crippen LogP) is 4.56. The summed E-state index contributed by atoms with van der Waals surface area (Å²) in [6, 6.07) is 23.5. The van der Waals surface area contributed by atoms with Gasteiger partial charge >= 0.3 is 0 Å². The number of fused-ring (bicyclic) bond motifs is 1. The van der Waals surface area contributed by atoms with E-state index in [9.17, 15) is 0 Å². The van der Waals surface area contributed by atoms with Crippen molar-refractivity contribution >= 4 is 22.1 Å². The molecule has 0 aliphatic rings. The van der Waals surface area contributed by atoms with Gasteiger partial charge in [-0.3, -0.25) is 0 Å². The van der Waals surface area contributed by atoms with Crippen LogP contribution in [0.1, 0.15) is 5.56 Å². The van der Waals surface area contributed by atoms with Gasteiger partial charge < -0.3 is 10.2 Å². The molecule has 0 aliphatic carbocycles. The SMILES string of the molecule is CN(C)c1cccc2cccc(NCCc3ccccc3)c12. The van der Waals surface area contributed by atoms with Crippen LogP contribution < -0.4 is 10.2 Å². The number of hydrogen-bond acceptors (Lipinski definition) is 2. The number of nitrogens with one attached hydrogen (secondary N) is 1. The summed E-state index contributed by atoms with van der Waals surface area (Å²) in [4.78, 5) is 2.17. The lowest BCUT2D eigenvalue weighted by Crippen LogP contribution is -2.11. The van der Waals surface area contributed by atoms with Crippen molar-refractivity contribution in [2.75, 3.05) is 30.9 Å². The van der Waals surface area contributed by atoms with E-state index in [0.29, 0.717) is 0 Å². The predicted molar refractivity (Wildman–Crippen MR) is 96.9 cm³/mol. The van der Waals surface area contributed by atoms with E-state index in [2.05, 4.69) is 91.0 Å². The van der Waals surface area contributed by atoms with Crippen LogP contribution in [0.25, 0.3) is 10.8 Å². The molecule has 112 valence electrons. The summed E-state index contributed by atoms with van der Waals surface area (Å²) in [6.45, 7) is 0.935. The molecule has 0 aromatic heterocycles. The van der Waals surface area contributed by atoms with Gasteiger partial charge in [0.2, 0.25) is 0 Å². The summed E-state index contributed by atoms with van der Waals surface area (Å²) < 4.78 is 0. The van der Waals surface area contributed by atoms with Crippen molar-refractivity contribution in [2.45, 2.75) is 6.42 Å². The van der Waals surface area contributed by atoms with Crippen LogP contribution in [0.5, 0.6) is 0 Å². The van der Waals surface area contributed by atoms with Crippen LogP contribution >= 0.6 is 0 Å². The normalized spacial score (nSPS) is 10.6. The monoisotopic (exact) mass is 290 g/mol. The summed E-state index contributed by atoms with van der Waals surface area (Å²) in [5.41, 5.74) is 3.82. The molecule has 0 amide bonds. The summed E-state index contributed by atoms with van der Waals surface area (Å²) in [5, 5.41) is 6.17. The second-order valence-electron chi connectivity index (χ2n) is 5.74. The smallest absolute Gasteiger partial charge is 0.0461 e. The van der Waals surface area contributed by atoms with Gasteiger partial charge in [0, 0.05) is 37.4 Å². The van der Waals surface area contributed by atoms with Gasteiger partial charge in [-0.25, -0.2) is 0 Å². The highest BCUT2D eigenvalue weighted by molar-refractivity contribution is 6.03. The Morgan fingerprint density at radius 2 is 1.55 bits per heavy atom. The van der Waals surface area contributed by atoms with E-state index in [0.717, 1.165) is 13.0 Å². The summed E-state index contributed by atoms with van der Waals surface area (Å²) in [5.74, 6) is 0. The minimum Gasteiger partial charge on any atom is -0.384 e. The first-order valence-corrected chi connectivity index (χ1v) is 7.72. The van der Waals surface area contributed by atoms with E-state index < -0.39 is 0 Å². The molecule has 3 rings (SSSR count). The van der Waals surface area contributed by atoms with Gasteiger partial charge in [0.15, 0.2) is 0 Å². The fourth-order valence-corrected chi connectivity index (χ4v) is 2.83. The maximum absolute atomic E-state index is 3.60. The number of nitrogens with zero attached hydrogens (tertiary/aromatic N) is 1. The summed E-state index contributed by atoms with van der Waals surface area (Å²) in [7, 11) is 4.19. The quantitative estimate of drug-likeness (QED) is 0.741.